The molecular formula is C15H19NO3. The molecule has 19 heavy (non-hydrogen) atoms. The van der Waals surface area contributed by atoms with Crippen LogP contribution in [0.1, 0.15) is 38.1 Å². The molecule has 0 spiro atoms. The van der Waals surface area contributed by atoms with Crippen LogP contribution in [0.2, 0.25) is 0 Å². The average molecular weight is 261 g/mol. The second-order valence-electron chi connectivity index (χ2n) is 5.34. The zero-order chi connectivity index (χ0) is 14.2. The van der Waals surface area contributed by atoms with E-state index in [9.17, 15) is 9.59 Å². The Bertz CT molecular complexity index is 522. The van der Waals surface area contributed by atoms with E-state index in [4.69, 9.17) is 4.74 Å². The molecule has 1 aliphatic heterocycles. The van der Waals surface area contributed by atoms with E-state index in [1.165, 1.54) is 6.92 Å². The van der Waals surface area contributed by atoms with E-state index in [2.05, 4.69) is 13.8 Å². The number of anilines is 1. The van der Waals surface area contributed by atoms with Crippen molar-refractivity contribution >= 4 is 17.4 Å². The topological polar surface area (TPSA) is 46.6 Å². The number of ether oxygens (including phenoxy) is 1. The van der Waals surface area contributed by atoms with Crippen LogP contribution in [0.4, 0.5) is 5.69 Å². The molecule has 4 heteroatoms. The largest absolute Gasteiger partial charge is 0.479 e. The number of carbonyl (C=O) groups excluding carboxylic acids is 2. The first-order chi connectivity index (χ1) is 8.90. The standard InChI is InChI=1S/C15H19NO3/c1-9(2)8-16-13-7-12(10(3)17)5-6-14(13)19-11(4)15(16)18/h5-7,9,11H,8H2,1-4H3. The van der Waals surface area contributed by atoms with Gasteiger partial charge in [0.1, 0.15) is 5.75 Å². The number of hydrogen-bond acceptors (Lipinski definition) is 3. The zero-order valence-corrected chi connectivity index (χ0v) is 11.8. The molecular weight excluding hydrogens is 242 g/mol. The van der Waals surface area contributed by atoms with Gasteiger partial charge in [0.15, 0.2) is 11.9 Å². The Hall–Kier alpha value is -1.84. The van der Waals surface area contributed by atoms with Gasteiger partial charge in [-0.15, -0.1) is 0 Å². The van der Waals surface area contributed by atoms with Crippen LogP contribution >= 0.6 is 0 Å². The van der Waals surface area contributed by atoms with Crippen LogP contribution in [0.3, 0.4) is 0 Å². The molecule has 0 bridgehead atoms. The molecule has 0 aliphatic carbocycles. The maximum absolute atomic E-state index is 12.2. The predicted molar refractivity (Wildman–Crippen MR) is 73.7 cm³/mol. The minimum atomic E-state index is -0.477. The lowest BCUT2D eigenvalue weighted by Crippen LogP contribution is -2.46. The number of ketones is 1. The molecule has 1 unspecified atom stereocenters. The molecule has 0 saturated heterocycles. The van der Waals surface area contributed by atoms with Gasteiger partial charge in [-0.2, -0.15) is 0 Å². The second kappa shape index (κ2) is 5.03. The summed E-state index contributed by atoms with van der Waals surface area (Å²) in [6.07, 6.45) is -0.477. The van der Waals surface area contributed by atoms with E-state index in [0.717, 1.165) is 0 Å². The number of nitrogens with zero attached hydrogens (tertiary/aromatic N) is 1. The molecule has 0 fully saturated rings. The summed E-state index contributed by atoms with van der Waals surface area (Å²) in [5, 5.41) is 0. The van der Waals surface area contributed by atoms with E-state index in [0.29, 0.717) is 29.5 Å². The van der Waals surface area contributed by atoms with Crippen LogP contribution in [0, 0.1) is 5.92 Å². The van der Waals surface area contributed by atoms with Gasteiger partial charge in [-0.3, -0.25) is 9.59 Å². The van der Waals surface area contributed by atoms with Gasteiger partial charge >= 0.3 is 0 Å². The van der Waals surface area contributed by atoms with Gasteiger partial charge in [0.25, 0.3) is 5.91 Å². The van der Waals surface area contributed by atoms with Crippen molar-refractivity contribution in [3.63, 3.8) is 0 Å². The summed E-state index contributed by atoms with van der Waals surface area (Å²) in [4.78, 5) is 25.4. The Morgan fingerprint density at radius 3 is 2.68 bits per heavy atom. The summed E-state index contributed by atoms with van der Waals surface area (Å²) in [6.45, 7) is 8.00. The van der Waals surface area contributed by atoms with Crippen molar-refractivity contribution in [2.45, 2.75) is 33.8 Å². The number of Topliss-reactive ketones (excluding diaryl/α,β-unsaturated/α-hetero) is 1. The van der Waals surface area contributed by atoms with Gasteiger partial charge in [0, 0.05) is 12.1 Å². The summed E-state index contributed by atoms with van der Waals surface area (Å²) in [5.41, 5.74) is 1.29. The highest BCUT2D eigenvalue weighted by molar-refractivity contribution is 6.02. The number of rotatable bonds is 3. The van der Waals surface area contributed by atoms with E-state index < -0.39 is 6.10 Å². The van der Waals surface area contributed by atoms with Gasteiger partial charge in [0.05, 0.1) is 5.69 Å². The molecule has 0 aromatic heterocycles. The number of benzene rings is 1. The maximum atomic E-state index is 12.2. The van der Waals surface area contributed by atoms with Gasteiger partial charge < -0.3 is 9.64 Å². The van der Waals surface area contributed by atoms with Crippen molar-refractivity contribution in [1.82, 2.24) is 0 Å². The second-order valence-corrected chi connectivity index (χ2v) is 5.34. The van der Waals surface area contributed by atoms with Crippen molar-refractivity contribution < 1.29 is 14.3 Å². The fourth-order valence-electron chi connectivity index (χ4n) is 2.18. The minimum Gasteiger partial charge on any atom is -0.479 e. The van der Waals surface area contributed by atoms with E-state index in [1.807, 2.05) is 0 Å². The fourth-order valence-corrected chi connectivity index (χ4v) is 2.18. The van der Waals surface area contributed by atoms with Gasteiger partial charge in [-0.1, -0.05) is 13.8 Å². The Labute approximate surface area is 113 Å². The molecule has 2 rings (SSSR count). The first-order valence-corrected chi connectivity index (χ1v) is 6.53. The predicted octanol–water partition coefficient (Wildman–Crippen LogP) is 2.66. The van der Waals surface area contributed by atoms with Crippen LogP contribution in [0.25, 0.3) is 0 Å². The van der Waals surface area contributed by atoms with E-state index in [-0.39, 0.29) is 11.7 Å². The van der Waals surface area contributed by atoms with Crippen molar-refractivity contribution in [1.29, 1.82) is 0 Å². The normalized spacial score (nSPS) is 18.3. The van der Waals surface area contributed by atoms with Crippen molar-refractivity contribution in [2.24, 2.45) is 5.92 Å². The number of amides is 1. The van der Waals surface area contributed by atoms with Gasteiger partial charge in [-0.05, 0) is 38.0 Å². The molecule has 0 radical (unpaired) electrons. The summed E-state index contributed by atoms with van der Waals surface area (Å²) in [6, 6.07) is 5.24. The minimum absolute atomic E-state index is 0.0154. The van der Waals surface area contributed by atoms with Crippen molar-refractivity contribution in [3.05, 3.63) is 23.8 Å². The smallest absolute Gasteiger partial charge is 0.267 e. The first kappa shape index (κ1) is 13.6. The molecule has 1 amide bonds. The molecule has 1 aliphatic rings. The van der Waals surface area contributed by atoms with Gasteiger partial charge in [0.2, 0.25) is 0 Å². The van der Waals surface area contributed by atoms with E-state index >= 15 is 0 Å². The molecule has 1 heterocycles. The molecule has 1 atom stereocenters. The maximum Gasteiger partial charge on any atom is 0.267 e. The quantitative estimate of drug-likeness (QED) is 0.786. The molecule has 0 N–H and O–H groups in total. The third-order valence-corrected chi connectivity index (χ3v) is 3.12. The lowest BCUT2D eigenvalue weighted by atomic mass is 10.1. The molecule has 102 valence electrons. The van der Waals surface area contributed by atoms with Crippen LogP contribution in [-0.4, -0.2) is 24.3 Å². The summed E-state index contributed by atoms with van der Waals surface area (Å²) in [7, 11) is 0. The summed E-state index contributed by atoms with van der Waals surface area (Å²) >= 11 is 0. The van der Waals surface area contributed by atoms with Crippen molar-refractivity contribution in [2.75, 3.05) is 11.4 Å². The SMILES string of the molecule is CC(=O)c1ccc2c(c1)N(CC(C)C)C(=O)C(C)O2. The van der Waals surface area contributed by atoms with Crippen LogP contribution in [0.5, 0.6) is 5.75 Å². The highest BCUT2D eigenvalue weighted by atomic mass is 16.5. The lowest BCUT2D eigenvalue weighted by Gasteiger charge is -2.34. The Kier molecular flexibility index (Phi) is 3.60. The highest BCUT2D eigenvalue weighted by Crippen LogP contribution is 2.35. The van der Waals surface area contributed by atoms with Crippen LogP contribution in [-0.2, 0) is 4.79 Å². The zero-order valence-electron chi connectivity index (χ0n) is 11.8. The average Bonchev–Trinajstić information content (AvgIpc) is 2.34. The van der Waals surface area contributed by atoms with Gasteiger partial charge in [-0.25, -0.2) is 0 Å². The first-order valence-electron chi connectivity index (χ1n) is 6.53. The lowest BCUT2D eigenvalue weighted by molar-refractivity contribution is -0.125. The van der Waals surface area contributed by atoms with Crippen LogP contribution in [0.15, 0.2) is 18.2 Å². The molecule has 1 aromatic carbocycles. The van der Waals surface area contributed by atoms with Crippen LogP contribution < -0.4 is 9.64 Å². The molecule has 4 nitrogen and oxygen atoms in total. The monoisotopic (exact) mass is 261 g/mol. The Balaban J connectivity index is 2.47. The van der Waals surface area contributed by atoms with Crippen molar-refractivity contribution in [3.8, 4) is 5.75 Å². The molecule has 0 saturated carbocycles. The summed E-state index contributed by atoms with van der Waals surface area (Å²) < 4.78 is 5.59. The number of hydrogen-bond donors (Lipinski definition) is 0. The van der Waals surface area contributed by atoms with E-state index in [1.54, 1.807) is 30.0 Å². The number of fused-ring (bicyclic) bond motifs is 1. The Morgan fingerprint density at radius 2 is 2.11 bits per heavy atom. The molecule has 1 aromatic rings. The Morgan fingerprint density at radius 1 is 1.42 bits per heavy atom. The third kappa shape index (κ3) is 2.62. The summed E-state index contributed by atoms with van der Waals surface area (Å²) in [5.74, 6) is 0.945. The fraction of sp³-hybridized carbons (Fsp3) is 0.467. The highest BCUT2D eigenvalue weighted by Gasteiger charge is 2.32. The number of carbonyl (C=O) groups is 2. The third-order valence-electron chi connectivity index (χ3n) is 3.12.